The molecule has 3 aromatic rings. The van der Waals surface area contributed by atoms with Crippen LogP contribution in [0.5, 0.6) is 0 Å². The highest BCUT2D eigenvalue weighted by molar-refractivity contribution is 9.11. The van der Waals surface area contributed by atoms with E-state index in [1.807, 2.05) is 36.4 Å². The molecular weight excluding hydrogens is 338 g/mol. The zero-order valence-electron chi connectivity index (χ0n) is 10.5. The second kappa shape index (κ2) is 5.76. The number of nitrogen functional groups attached to an aromatic ring is 1. The summed E-state index contributed by atoms with van der Waals surface area (Å²) in [7, 11) is 0. The SMILES string of the molecule is Nc1cccc(CCc2nc(-c3ccc(Br)s3)no2)c1. The van der Waals surface area contributed by atoms with E-state index in [1.54, 1.807) is 11.3 Å². The Morgan fingerprint density at radius 3 is 2.85 bits per heavy atom. The summed E-state index contributed by atoms with van der Waals surface area (Å²) in [6.07, 6.45) is 1.55. The molecule has 0 spiro atoms. The van der Waals surface area contributed by atoms with E-state index >= 15 is 0 Å². The average molecular weight is 350 g/mol. The molecule has 0 amide bonds. The van der Waals surface area contributed by atoms with E-state index in [4.69, 9.17) is 10.3 Å². The molecule has 3 rings (SSSR count). The summed E-state index contributed by atoms with van der Waals surface area (Å²) in [5.41, 5.74) is 7.70. The third-order valence-electron chi connectivity index (χ3n) is 2.84. The fraction of sp³-hybridized carbons (Fsp3) is 0.143. The molecule has 102 valence electrons. The van der Waals surface area contributed by atoms with Crippen molar-refractivity contribution in [2.75, 3.05) is 5.73 Å². The first kappa shape index (κ1) is 13.3. The first-order valence-corrected chi connectivity index (χ1v) is 7.74. The van der Waals surface area contributed by atoms with Crippen LogP contribution in [0, 0.1) is 0 Å². The van der Waals surface area contributed by atoms with E-state index < -0.39 is 0 Å². The van der Waals surface area contributed by atoms with Crippen LogP contribution in [0.1, 0.15) is 11.5 Å². The Labute approximate surface area is 128 Å². The van der Waals surface area contributed by atoms with Gasteiger partial charge in [0.15, 0.2) is 0 Å². The molecule has 2 aromatic heterocycles. The number of benzene rings is 1. The van der Waals surface area contributed by atoms with Gasteiger partial charge in [-0.15, -0.1) is 11.3 Å². The minimum atomic E-state index is 0.642. The van der Waals surface area contributed by atoms with Gasteiger partial charge in [0.05, 0.1) is 8.66 Å². The maximum absolute atomic E-state index is 5.76. The van der Waals surface area contributed by atoms with Gasteiger partial charge < -0.3 is 10.3 Å². The third kappa shape index (κ3) is 3.08. The molecule has 20 heavy (non-hydrogen) atoms. The van der Waals surface area contributed by atoms with Crippen LogP contribution < -0.4 is 5.73 Å². The van der Waals surface area contributed by atoms with Crippen molar-refractivity contribution in [1.29, 1.82) is 0 Å². The lowest BCUT2D eigenvalue weighted by molar-refractivity contribution is 0.379. The van der Waals surface area contributed by atoms with Crippen molar-refractivity contribution in [2.24, 2.45) is 0 Å². The van der Waals surface area contributed by atoms with Gasteiger partial charge in [0, 0.05) is 12.1 Å². The van der Waals surface area contributed by atoms with E-state index in [0.717, 1.165) is 20.8 Å². The van der Waals surface area contributed by atoms with Gasteiger partial charge in [0.25, 0.3) is 0 Å². The van der Waals surface area contributed by atoms with Crippen molar-refractivity contribution in [1.82, 2.24) is 10.1 Å². The normalized spacial score (nSPS) is 10.8. The Balaban J connectivity index is 1.68. The van der Waals surface area contributed by atoms with E-state index in [0.29, 0.717) is 18.1 Å². The van der Waals surface area contributed by atoms with Crippen molar-refractivity contribution in [3.05, 3.63) is 51.6 Å². The molecule has 0 radical (unpaired) electrons. The highest BCUT2D eigenvalue weighted by Gasteiger charge is 2.10. The van der Waals surface area contributed by atoms with Gasteiger partial charge >= 0.3 is 0 Å². The van der Waals surface area contributed by atoms with Crippen LogP contribution in [0.2, 0.25) is 0 Å². The van der Waals surface area contributed by atoms with Gasteiger partial charge in [0.2, 0.25) is 11.7 Å². The van der Waals surface area contributed by atoms with Gasteiger partial charge in [-0.2, -0.15) is 4.98 Å². The fourth-order valence-electron chi connectivity index (χ4n) is 1.89. The number of thiophene rings is 1. The van der Waals surface area contributed by atoms with Gasteiger partial charge in [0.1, 0.15) is 0 Å². The van der Waals surface area contributed by atoms with Gasteiger partial charge in [-0.25, -0.2) is 0 Å². The molecule has 1 aromatic carbocycles. The number of anilines is 1. The minimum absolute atomic E-state index is 0.642. The Bertz CT molecular complexity index is 723. The Hall–Kier alpha value is -1.66. The zero-order chi connectivity index (χ0) is 13.9. The van der Waals surface area contributed by atoms with E-state index in [9.17, 15) is 0 Å². The van der Waals surface area contributed by atoms with E-state index in [-0.39, 0.29) is 0 Å². The summed E-state index contributed by atoms with van der Waals surface area (Å²) >= 11 is 5.01. The second-order valence-electron chi connectivity index (χ2n) is 4.36. The molecule has 6 heteroatoms. The summed E-state index contributed by atoms with van der Waals surface area (Å²) < 4.78 is 6.33. The maximum atomic E-state index is 5.76. The third-order valence-corrected chi connectivity index (χ3v) is 4.46. The molecule has 0 unspecified atom stereocenters. The topological polar surface area (TPSA) is 64.9 Å². The molecule has 0 aliphatic heterocycles. The van der Waals surface area contributed by atoms with Crippen molar-refractivity contribution in [3.8, 4) is 10.7 Å². The lowest BCUT2D eigenvalue weighted by Crippen LogP contribution is -1.93. The quantitative estimate of drug-likeness (QED) is 0.724. The fourth-order valence-corrected chi connectivity index (χ4v) is 3.20. The molecule has 2 N–H and O–H groups in total. The number of hydrogen-bond acceptors (Lipinski definition) is 5. The molecule has 0 atom stereocenters. The van der Waals surface area contributed by atoms with Gasteiger partial charge in [-0.05, 0) is 52.2 Å². The van der Waals surface area contributed by atoms with E-state index in [2.05, 4.69) is 26.1 Å². The van der Waals surface area contributed by atoms with Crippen LogP contribution >= 0.6 is 27.3 Å². The van der Waals surface area contributed by atoms with Gasteiger partial charge in [-0.1, -0.05) is 17.3 Å². The zero-order valence-corrected chi connectivity index (χ0v) is 12.9. The summed E-state index contributed by atoms with van der Waals surface area (Å²) in [5, 5.41) is 4.01. The smallest absolute Gasteiger partial charge is 0.227 e. The first-order valence-electron chi connectivity index (χ1n) is 6.13. The molecule has 0 saturated carbocycles. The van der Waals surface area contributed by atoms with Crippen molar-refractivity contribution in [2.45, 2.75) is 12.8 Å². The highest BCUT2D eigenvalue weighted by Crippen LogP contribution is 2.29. The van der Waals surface area contributed by atoms with Crippen molar-refractivity contribution >= 4 is 33.0 Å². The number of aryl methyl sites for hydroxylation is 2. The minimum Gasteiger partial charge on any atom is -0.399 e. The number of hydrogen-bond donors (Lipinski definition) is 1. The Kier molecular flexibility index (Phi) is 3.84. The summed E-state index contributed by atoms with van der Waals surface area (Å²) in [4.78, 5) is 5.41. The molecule has 0 fully saturated rings. The predicted octanol–water partition coefficient (Wildman–Crippen LogP) is 3.93. The summed E-state index contributed by atoms with van der Waals surface area (Å²) in [6.45, 7) is 0. The summed E-state index contributed by atoms with van der Waals surface area (Å²) in [5.74, 6) is 1.29. The molecule has 0 aliphatic rings. The van der Waals surface area contributed by atoms with Crippen molar-refractivity contribution in [3.63, 3.8) is 0 Å². The number of aromatic nitrogens is 2. The molecule has 4 nitrogen and oxygen atoms in total. The predicted molar refractivity (Wildman–Crippen MR) is 83.6 cm³/mol. The van der Waals surface area contributed by atoms with E-state index in [1.165, 1.54) is 5.56 Å². The first-order chi connectivity index (χ1) is 9.70. The van der Waals surface area contributed by atoms with Crippen LogP contribution in [0.4, 0.5) is 5.69 Å². The van der Waals surface area contributed by atoms with Crippen LogP contribution in [-0.4, -0.2) is 10.1 Å². The lowest BCUT2D eigenvalue weighted by Gasteiger charge is -1.99. The molecule has 0 saturated heterocycles. The van der Waals surface area contributed by atoms with Gasteiger partial charge in [-0.3, -0.25) is 0 Å². The highest BCUT2D eigenvalue weighted by atomic mass is 79.9. The number of nitrogens with two attached hydrogens (primary N) is 1. The number of rotatable bonds is 4. The largest absolute Gasteiger partial charge is 0.399 e. The standard InChI is InChI=1S/C14H12BrN3OS/c15-12-6-5-11(20-12)14-17-13(19-18-14)7-4-9-2-1-3-10(16)8-9/h1-3,5-6,8H,4,7,16H2. The summed E-state index contributed by atoms with van der Waals surface area (Å²) in [6, 6.07) is 11.8. The molecule has 2 heterocycles. The Morgan fingerprint density at radius 2 is 2.10 bits per heavy atom. The number of halogens is 1. The lowest BCUT2D eigenvalue weighted by atomic mass is 10.1. The van der Waals surface area contributed by atoms with Crippen LogP contribution in [0.25, 0.3) is 10.7 Å². The monoisotopic (exact) mass is 349 g/mol. The maximum Gasteiger partial charge on any atom is 0.227 e. The second-order valence-corrected chi connectivity index (χ2v) is 6.82. The van der Waals surface area contributed by atoms with Crippen LogP contribution in [-0.2, 0) is 12.8 Å². The van der Waals surface area contributed by atoms with Crippen LogP contribution in [0.15, 0.2) is 44.7 Å². The molecular formula is C14H12BrN3OS. The van der Waals surface area contributed by atoms with Crippen LogP contribution in [0.3, 0.4) is 0 Å². The molecule has 0 bridgehead atoms. The number of nitrogens with zero attached hydrogens (tertiary/aromatic N) is 2. The average Bonchev–Trinajstić information content (AvgIpc) is 3.05. The Morgan fingerprint density at radius 1 is 1.20 bits per heavy atom. The molecule has 0 aliphatic carbocycles. The van der Waals surface area contributed by atoms with Crippen molar-refractivity contribution < 1.29 is 4.52 Å².